The summed E-state index contributed by atoms with van der Waals surface area (Å²) in [4.78, 5) is 54.1. The summed E-state index contributed by atoms with van der Waals surface area (Å²) in [6.07, 6.45) is -0.131. The predicted molar refractivity (Wildman–Crippen MR) is 130 cm³/mol. The first kappa shape index (κ1) is 24.8. The van der Waals surface area contributed by atoms with Crippen molar-refractivity contribution in [2.24, 2.45) is 0 Å². The standard InChI is InChI=1S/C28H25FN2O5/c1-2-36-28(35)21-10-14-23(15-11-21)31-26(33)17-24(27(31)34)30(18-20-8-12-22(29)13-9-20)25(32)16-19-6-4-3-5-7-19/h3-15,24H,2,16-18H2,1H3. The van der Waals surface area contributed by atoms with Gasteiger partial charge in [0.2, 0.25) is 11.8 Å². The summed E-state index contributed by atoms with van der Waals surface area (Å²) in [6, 6.07) is 19.7. The summed E-state index contributed by atoms with van der Waals surface area (Å²) >= 11 is 0. The number of esters is 1. The highest BCUT2D eigenvalue weighted by atomic mass is 19.1. The third-order valence-electron chi connectivity index (χ3n) is 5.92. The van der Waals surface area contributed by atoms with E-state index in [1.54, 1.807) is 19.1 Å². The van der Waals surface area contributed by atoms with Crippen LogP contribution in [-0.4, -0.2) is 41.2 Å². The number of ether oxygens (including phenoxy) is 1. The van der Waals surface area contributed by atoms with Crippen molar-refractivity contribution >= 4 is 29.4 Å². The smallest absolute Gasteiger partial charge is 0.338 e. The maximum atomic E-state index is 13.4. The van der Waals surface area contributed by atoms with E-state index in [1.807, 2.05) is 30.3 Å². The molecule has 184 valence electrons. The normalized spacial score (nSPS) is 15.2. The first-order chi connectivity index (χ1) is 17.4. The van der Waals surface area contributed by atoms with Gasteiger partial charge in [-0.05, 0) is 54.4 Å². The number of carbonyl (C=O) groups excluding carboxylic acids is 4. The lowest BCUT2D eigenvalue weighted by Crippen LogP contribution is -2.45. The van der Waals surface area contributed by atoms with E-state index in [2.05, 4.69) is 0 Å². The minimum Gasteiger partial charge on any atom is -0.462 e. The Morgan fingerprint density at radius 3 is 2.25 bits per heavy atom. The van der Waals surface area contributed by atoms with Crippen molar-refractivity contribution in [2.75, 3.05) is 11.5 Å². The number of rotatable bonds is 8. The first-order valence-corrected chi connectivity index (χ1v) is 11.6. The average molecular weight is 489 g/mol. The quantitative estimate of drug-likeness (QED) is 0.355. The van der Waals surface area contributed by atoms with Crippen molar-refractivity contribution in [1.82, 2.24) is 4.90 Å². The number of anilines is 1. The fourth-order valence-electron chi connectivity index (χ4n) is 4.12. The third-order valence-corrected chi connectivity index (χ3v) is 5.92. The molecular weight excluding hydrogens is 463 g/mol. The van der Waals surface area contributed by atoms with Crippen LogP contribution in [0.2, 0.25) is 0 Å². The number of benzene rings is 3. The van der Waals surface area contributed by atoms with Gasteiger partial charge in [0.15, 0.2) is 0 Å². The summed E-state index contributed by atoms with van der Waals surface area (Å²) in [6.45, 7) is 1.97. The number of amides is 3. The lowest BCUT2D eigenvalue weighted by Gasteiger charge is -2.28. The van der Waals surface area contributed by atoms with E-state index < -0.39 is 29.6 Å². The molecule has 0 aliphatic carbocycles. The number of carbonyl (C=O) groups is 4. The van der Waals surface area contributed by atoms with Crippen molar-refractivity contribution < 1.29 is 28.3 Å². The largest absolute Gasteiger partial charge is 0.462 e. The first-order valence-electron chi connectivity index (χ1n) is 11.6. The third kappa shape index (κ3) is 5.49. The Kier molecular flexibility index (Phi) is 7.53. The molecule has 1 aliphatic heterocycles. The SMILES string of the molecule is CCOC(=O)c1ccc(N2C(=O)CC(N(Cc3ccc(F)cc3)C(=O)Cc3ccccc3)C2=O)cc1. The molecule has 1 heterocycles. The van der Waals surface area contributed by atoms with Gasteiger partial charge in [0.25, 0.3) is 5.91 Å². The van der Waals surface area contributed by atoms with Crippen LogP contribution in [0.25, 0.3) is 0 Å². The van der Waals surface area contributed by atoms with Gasteiger partial charge in [-0.2, -0.15) is 0 Å². The van der Waals surface area contributed by atoms with Crippen LogP contribution in [0, 0.1) is 5.82 Å². The van der Waals surface area contributed by atoms with Crippen molar-refractivity contribution in [3.63, 3.8) is 0 Å². The zero-order valence-electron chi connectivity index (χ0n) is 19.7. The summed E-state index contributed by atoms with van der Waals surface area (Å²) in [5, 5.41) is 0. The van der Waals surface area contributed by atoms with Gasteiger partial charge < -0.3 is 9.64 Å². The van der Waals surface area contributed by atoms with Crippen LogP contribution in [0.15, 0.2) is 78.9 Å². The molecule has 3 amide bonds. The highest BCUT2D eigenvalue weighted by molar-refractivity contribution is 6.23. The second-order valence-corrected chi connectivity index (χ2v) is 8.37. The molecule has 1 saturated heterocycles. The molecule has 36 heavy (non-hydrogen) atoms. The van der Waals surface area contributed by atoms with Gasteiger partial charge >= 0.3 is 5.97 Å². The van der Waals surface area contributed by atoms with E-state index in [-0.39, 0.29) is 31.9 Å². The van der Waals surface area contributed by atoms with Crippen LogP contribution in [0.5, 0.6) is 0 Å². The Morgan fingerprint density at radius 2 is 1.61 bits per heavy atom. The fourth-order valence-corrected chi connectivity index (χ4v) is 4.12. The number of halogens is 1. The molecule has 1 atom stereocenters. The van der Waals surface area contributed by atoms with Gasteiger partial charge in [-0.1, -0.05) is 42.5 Å². The number of hydrogen-bond donors (Lipinski definition) is 0. The summed E-state index contributed by atoms with van der Waals surface area (Å²) in [7, 11) is 0. The lowest BCUT2D eigenvalue weighted by molar-refractivity contribution is -0.138. The fraction of sp³-hybridized carbons (Fsp3) is 0.214. The van der Waals surface area contributed by atoms with Crippen LogP contribution in [0.3, 0.4) is 0 Å². The van der Waals surface area contributed by atoms with Crippen LogP contribution in [0.1, 0.15) is 34.8 Å². The molecule has 0 aromatic heterocycles. The molecule has 8 heteroatoms. The van der Waals surface area contributed by atoms with Gasteiger partial charge in [-0.15, -0.1) is 0 Å². The van der Waals surface area contributed by atoms with Crippen molar-refractivity contribution in [3.05, 3.63) is 101 Å². The Morgan fingerprint density at radius 1 is 0.944 bits per heavy atom. The molecule has 0 spiro atoms. The number of nitrogens with zero attached hydrogens (tertiary/aromatic N) is 2. The molecule has 7 nitrogen and oxygen atoms in total. The number of imide groups is 1. The van der Waals surface area contributed by atoms with Crippen LogP contribution in [-0.2, 0) is 32.1 Å². The van der Waals surface area contributed by atoms with E-state index in [1.165, 1.54) is 41.3 Å². The predicted octanol–water partition coefficient (Wildman–Crippen LogP) is 3.91. The second kappa shape index (κ2) is 10.9. The molecule has 1 unspecified atom stereocenters. The van der Waals surface area contributed by atoms with Gasteiger partial charge in [-0.3, -0.25) is 14.4 Å². The molecule has 0 bridgehead atoms. The molecular formula is C28H25FN2O5. The highest BCUT2D eigenvalue weighted by Crippen LogP contribution is 2.28. The summed E-state index contributed by atoms with van der Waals surface area (Å²) in [5.41, 5.74) is 2.01. The minimum atomic E-state index is -1.01. The zero-order valence-corrected chi connectivity index (χ0v) is 19.7. The minimum absolute atomic E-state index is 0.0469. The van der Waals surface area contributed by atoms with E-state index >= 15 is 0 Å². The Labute approximate surface area is 208 Å². The van der Waals surface area contributed by atoms with Crippen LogP contribution in [0.4, 0.5) is 10.1 Å². The van der Waals surface area contributed by atoms with Gasteiger partial charge in [0.1, 0.15) is 11.9 Å². The highest BCUT2D eigenvalue weighted by Gasteiger charge is 2.44. The van der Waals surface area contributed by atoms with Crippen molar-refractivity contribution in [2.45, 2.75) is 32.4 Å². The second-order valence-electron chi connectivity index (χ2n) is 8.37. The van der Waals surface area contributed by atoms with Crippen molar-refractivity contribution in [1.29, 1.82) is 0 Å². The Hall–Kier alpha value is -4.33. The van der Waals surface area contributed by atoms with E-state index in [9.17, 15) is 23.6 Å². The van der Waals surface area contributed by atoms with Crippen LogP contribution < -0.4 is 4.90 Å². The molecule has 3 aromatic rings. The summed E-state index contributed by atoms with van der Waals surface area (Å²) < 4.78 is 18.4. The van der Waals surface area contributed by atoms with Crippen molar-refractivity contribution in [3.8, 4) is 0 Å². The van der Waals surface area contributed by atoms with E-state index in [0.717, 1.165) is 10.5 Å². The molecule has 4 rings (SSSR count). The Balaban J connectivity index is 1.59. The van der Waals surface area contributed by atoms with E-state index in [4.69, 9.17) is 4.74 Å². The van der Waals surface area contributed by atoms with Gasteiger partial charge in [-0.25, -0.2) is 14.1 Å². The molecule has 1 fully saturated rings. The molecule has 0 radical (unpaired) electrons. The lowest BCUT2D eigenvalue weighted by atomic mass is 10.1. The monoisotopic (exact) mass is 488 g/mol. The number of hydrogen-bond acceptors (Lipinski definition) is 5. The maximum Gasteiger partial charge on any atom is 0.338 e. The zero-order chi connectivity index (χ0) is 25.7. The van der Waals surface area contributed by atoms with Gasteiger partial charge in [0.05, 0.1) is 30.7 Å². The molecule has 1 aliphatic rings. The van der Waals surface area contributed by atoms with Gasteiger partial charge in [0, 0.05) is 6.54 Å². The Bertz CT molecular complexity index is 1260. The maximum absolute atomic E-state index is 13.4. The average Bonchev–Trinajstić information content (AvgIpc) is 3.17. The molecule has 3 aromatic carbocycles. The van der Waals surface area contributed by atoms with E-state index in [0.29, 0.717) is 16.8 Å². The molecule has 0 saturated carbocycles. The molecule has 0 N–H and O–H groups in total. The summed E-state index contributed by atoms with van der Waals surface area (Å²) in [5.74, 6) is -2.22. The topological polar surface area (TPSA) is 84.0 Å². The van der Waals surface area contributed by atoms with Crippen LogP contribution >= 0.6 is 0 Å².